The SMILES string of the molecule is Cn1ccnc1C(=O)c1ccc(N2CCN(c3ncnc4c3cnn4C)CC2)c([N+](=O)[O-])c1. The first-order valence-corrected chi connectivity index (χ1v) is 10.4. The predicted molar refractivity (Wildman–Crippen MR) is 120 cm³/mol. The smallest absolute Gasteiger partial charge is 0.293 e. The fourth-order valence-electron chi connectivity index (χ4n) is 4.15. The molecule has 1 fully saturated rings. The number of anilines is 2. The molecule has 168 valence electrons. The molecule has 3 aromatic heterocycles. The van der Waals surface area contributed by atoms with Gasteiger partial charge in [0.05, 0.1) is 16.5 Å². The lowest BCUT2D eigenvalue weighted by Gasteiger charge is -2.36. The summed E-state index contributed by atoms with van der Waals surface area (Å²) in [7, 11) is 3.54. The molecule has 0 atom stereocenters. The molecule has 33 heavy (non-hydrogen) atoms. The van der Waals surface area contributed by atoms with Crippen LogP contribution in [0.3, 0.4) is 0 Å². The van der Waals surface area contributed by atoms with Crippen LogP contribution in [0.1, 0.15) is 16.2 Å². The van der Waals surface area contributed by atoms with Gasteiger partial charge in [-0.05, 0) is 12.1 Å². The standard InChI is InChI=1S/C21H21N9O3/c1-26-6-5-22-21(26)18(31)14-3-4-16(17(11-14)30(32)33)28-7-9-29(10-8-28)20-15-12-25-27(2)19(15)23-13-24-20/h3-6,11-13H,7-10H2,1-2H3. The Kier molecular flexibility index (Phi) is 4.96. The Morgan fingerprint density at radius 3 is 2.52 bits per heavy atom. The van der Waals surface area contributed by atoms with Gasteiger partial charge in [-0.25, -0.2) is 15.0 Å². The molecule has 0 unspecified atom stereocenters. The zero-order chi connectivity index (χ0) is 23.1. The van der Waals surface area contributed by atoms with Gasteiger partial charge in [-0.3, -0.25) is 19.6 Å². The van der Waals surface area contributed by atoms with Crippen LogP contribution in [-0.4, -0.2) is 66.2 Å². The molecule has 0 N–H and O–H groups in total. The van der Waals surface area contributed by atoms with Crippen LogP contribution >= 0.6 is 0 Å². The molecule has 4 aromatic rings. The van der Waals surface area contributed by atoms with Crippen LogP contribution in [-0.2, 0) is 14.1 Å². The average Bonchev–Trinajstić information content (AvgIpc) is 3.44. The number of imidazole rings is 1. The van der Waals surface area contributed by atoms with Crippen LogP contribution in [0.4, 0.5) is 17.2 Å². The summed E-state index contributed by atoms with van der Waals surface area (Å²) in [4.78, 5) is 41.0. The number of aromatic nitrogens is 6. The summed E-state index contributed by atoms with van der Waals surface area (Å²) in [5.41, 5.74) is 1.38. The zero-order valence-corrected chi connectivity index (χ0v) is 18.1. The maximum absolute atomic E-state index is 12.8. The minimum atomic E-state index is -0.444. The second kappa shape index (κ2) is 7.97. The van der Waals surface area contributed by atoms with E-state index in [-0.39, 0.29) is 22.9 Å². The van der Waals surface area contributed by atoms with E-state index < -0.39 is 4.92 Å². The number of hydrogen-bond donors (Lipinski definition) is 0. The van der Waals surface area contributed by atoms with Gasteiger partial charge in [0.25, 0.3) is 5.69 Å². The van der Waals surface area contributed by atoms with E-state index in [2.05, 4.69) is 25.0 Å². The highest BCUT2D eigenvalue weighted by Gasteiger charge is 2.27. The molecule has 1 aromatic carbocycles. The summed E-state index contributed by atoms with van der Waals surface area (Å²) in [6, 6.07) is 4.60. The number of piperazine rings is 1. The molecule has 1 saturated heterocycles. The molecule has 0 spiro atoms. The number of hydrogen-bond acceptors (Lipinski definition) is 9. The summed E-state index contributed by atoms with van der Waals surface area (Å²) in [6.45, 7) is 2.40. The van der Waals surface area contributed by atoms with Crippen molar-refractivity contribution in [2.24, 2.45) is 14.1 Å². The number of carbonyl (C=O) groups is 1. The molecule has 0 amide bonds. The molecule has 12 heteroatoms. The molecule has 0 aliphatic carbocycles. The maximum Gasteiger partial charge on any atom is 0.293 e. The Morgan fingerprint density at radius 2 is 1.82 bits per heavy atom. The minimum absolute atomic E-state index is 0.0970. The summed E-state index contributed by atoms with van der Waals surface area (Å²) in [5, 5.41) is 17.0. The van der Waals surface area contributed by atoms with Gasteiger partial charge in [-0.1, -0.05) is 0 Å². The molecule has 5 rings (SSSR count). The first kappa shape index (κ1) is 20.5. The number of nitro benzene ring substituents is 1. The van der Waals surface area contributed by atoms with Gasteiger partial charge in [0, 0.05) is 64.3 Å². The second-order valence-electron chi connectivity index (χ2n) is 7.83. The number of carbonyl (C=O) groups excluding carboxylic acids is 1. The fraction of sp³-hybridized carbons (Fsp3) is 0.286. The largest absolute Gasteiger partial charge is 0.362 e. The normalized spacial score (nSPS) is 14.1. The van der Waals surface area contributed by atoms with Crippen molar-refractivity contribution in [2.75, 3.05) is 36.0 Å². The molecule has 12 nitrogen and oxygen atoms in total. The van der Waals surface area contributed by atoms with E-state index >= 15 is 0 Å². The number of rotatable bonds is 5. The zero-order valence-electron chi connectivity index (χ0n) is 18.1. The van der Waals surface area contributed by atoms with Crippen LogP contribution in [0.15, 0.2) is 43.1 Å². The Balaban J connectivity index is 1.38. The van der Waals surface area contributed by atoms with Crippen LogP contribution in [0.5, 0.6) is 0 Å². The molecule has 1 aliphatic heterocycles. The fourth-order valence-corrected chi connectivity index (χ4v) is 4.15. The summed E-state index contributed by atoms with van der Waals surface area (Å²) < 4.78 is 3.29. The third-order valence-electron chi connectivity index (χ3n) is 5.89. The molecule has 0 saturated carbocycles. The van der Waals surface area contributed by atoms with Crippen molar-refractivity contribution in [3.63, 3.8) is 0 Å². The van der Waals surface area contributed by atoms with Crippen molar-refractivity contribution < 1.29 is 9.72 Å². The highest BCUT2D eigenvalue weighted by atomic mass is 16.6. The van der Waals surface area contributed by atoms with Crippen molar-refractivity contribution in [1.29, 1.82) is 0 Å². The Bertz CT molecular complexity index is 1370. The van der Waals surface area contributed by atoms with E-state index in [4.69, 9.17) is 0 Å². The van der Waals surface area contributed by atoms with Crippen LogP contribution in [0.25, 0.3) is 11.0 Å². The lowest BCUT2D eigenvalue weighted by atomic mass is 10.1. The quantitative estimate of drug-likeness (QED) is 0.254. The van der Waals surface area contributed by atoms with Gasteiger partial charge >= 0.3 is 0 Å². The third-order valence-corrected chi connectivity index (χ3v) is 5.89. The molecular formula is C21H21N9O3. The minimum Gasteiger partial charge on any atom is -0.362 e. The van der Waals surface area contributed by atoms with Crippen molar-refractivity contribution in [3.8, 4) is 0 Å². The van der Waals surface area contributed by atoms with E-state index in [1.165, 1.54) is 18.6 Å². The lowest BCUT2D eigenvalue weighted by Crippen LogP contribution is -2.47. The van der Waals surface area contributed by atoms with Gasteiger partial charge in [-0.2, -0.15) is 5.10 Å². The monoisotopic (exact) mass is 447 g/mol. The number of nitro groups is 1. The Labute approximate surface area is 188 Å². The van der Waals surface area contributed by atoms with Crippen LogP contribution in [0.2, 0.25) is 0 Å². The van der Waals surface area contributed by atoms with E-state index in [0.717, 1.165) is 16.9 Å². The number of fused-ring (bicyclic) bond motifs is 1. The summed E-state index contributed by atoms with van der Waals surface area (Å²) in [5.74, 6) is 0.682. The van der Waals surface area contributed by atoms with Gasteiger partial charge in [0.2, 0.25) is 5.78 Å². The van der Waals surface area contributed by atoms with E-state index in [1.54, 1.807) is 40.8 Å². The van der Waals surface area contributed by atoms with Crippen molar-refractivity contribution in [1.82, 2.24) is 29.3 Å². The van der Waals surface area contributed by atoms with Crippen LogP contribution in [0, 0.1) is 10.1 Å². The van der Waals surface area contributed by atoms with E-state index in [9.17, 15) is 14.9 Å². The summed E-state index contributed by atoms with van der Waals surface area (Å²) in [6.07, 6.45) is 6.45. The van der Waals surface area contributed by atoms with Gasteiger partial charge in [0.15, 0.2) is 11.5 Å². The molecular weight excluding hydrogens is 426 g/mol. The summed E-state index contributed by atoms with van der Waals surface area (Å²) >= 11 is 0. The van der Waals surface area contributed by atoms with Crippen molar-refractivity contribution >= 4 is 34.0 Å². The van der Waals surface area contributed by atoms with Gasteiger partial charge in [-0.15, -0.1) is 0 Å². The lowest BCUT2D eigenvalue weighted by molar-refractivity contribution is -0.384. The molecule has 0 radical (unpaired) electrons. The maximum atomic E-state index is 12.8. The third kappa shape index (κ3) is 3.54. The van der Waals surface area contributed by atoms with E-state index in [0.29, 0.717) is 31.9 Å². The van der Waals surface area contributed by atoms with Crippen LogP contribution < -0.4 is 9.80 Å². The van der Waals surface area contributed by atoms with Gasteiger partial charge in [0.1, 0.15) is 17.8 Å². The highest BCUT2D eigenvalue weighted by Crippen LogP contribution is 2.32. The number of aryl methyl sites for hydroxylation is 2. The first-order chi connectivity index (χ1) is 15.9. The van der Waals surface area contributed by atoms with Gasteiger partial charge < -0.3 is 14.4 Å². The Morgan fingerprint density at radius 1 is 1.06 bits per heavy atom. The van der Waals surface area contributed by atoms with Crippen molar-refractivity contribution in [3.05, 3.63) is 64.6 Å². The molecule has 1 aliphatic rings. The number of ketones is 1. The van der Waals surface area contributed by atoms with Crippen molar-refractivity contribution in [2.45, 2.75) is 0 Å². The first-order valence-electron chi connectivity index (χ1n) is 10.4. The predicted octanol–water partition coefficient (Wildman–Crippen LogP) is 1.56. The number of nitrogens with zero attached hydrogens (tertiary/aromatic N) is 9. The molecule has 0 bridgehead atoms. The topological polar surface area (TPSA) is 128 Å². The van der Waals surface area contributed by atoms with E-state index in [1.807, 2.05) is 11.9 Å². The number of benzene rings is 1. The second-order valence-corrected chi connectivity index (χ2v) is 7.83. The molecule has 4 heterocycles. The highest BCUT2D eigenvalue weighted by molar-refractivity contribution is 6.07. The Hall–Kier alpha value is -4.35. The average molecular weight is 447 g/mol.